The number of aryl methyl sites for hydroxylation is 1. The average Bonchev–Trinajstić information content (AvgIpc) is 2.28. The predicted octanol–water partition coefficient (Wildman–Crippen LogP) is 3.55. The molecule has 0 bridgehead atoms. The van der Waals surface area contributed by atoms with Gasteiger partial charge in [0.25, 0.3) is 0 Å². The summed E-state index contributed by atoms with van der Waals surface area (Å²) in [5.41, 5.74) is 1.27. The molecule has 0 unspecified atom stereocenters. The predicted molar refractivity (Wildman–Crippen MR) is 62.9 cm³/mol. The molecular formula is C13H18F3N. The standard InChI is InChI=1S/C13H18F3N/c14-13(15,16)9-5-11-17-10-4-8-12-6-2-1-3-7-12/h1-3,6-7,17H,4-5,8-11H2. The Kier molecular flexibility index (Phi) is 6.05. The molecule has 0 aliphatic rings. The summed E-state index contributed by atoms with van der Waals surface area (Å²) in [7, 11) is 0. The van der Waals surface area contributed by atoms with E-state index in [1.54, 1.807) is 0 Å². The van der Waals surface area contributed by atoms with E-state index in [0.29, 0.717) is 6.54 Å². The van der Waals surface area contributed by atoms with Crippen molar-refractivity contribution in [2.45, 2.75) is 31.9 Å². The molecular weight excluding hydrogens is 227 g/mol. The van der Waals surface area contributed by atoms with Gasteiger partial charge in [-0.1, -0.05) is 30.3 Å². The summed E-state index contributed by atoms with van der Waals surface area (Å²) in [6.07, 6.45) is -2.64. The fraction of sp³-hybridized carbons (Fsp3) is 0.538. The summed E-state index contributed by atoms with van der Waals surface area (Å²) in [6.45, 7) is 1.21. The second-order valence-corrected chi connectivity index (χ2v) is 4.06. The van der Waals surface area contributed by atoms with Crippen LogP contribution in [0.2, 0.25) is 0 Å². The van der Waals surface area contributed by atoms with E-state index in [2.05, 4.69) is 17.4 Å². The minimum absolute atomic E-state index is 0.162. The third-order valence-electron chi connectivity index (χ3n) is 2.48. The van der Waals surface area contributed by atoms with Gasteiger partial charge in [-0.05, 0) is 37.9 Å². The van der Waals surface area contributed by atoms with Crippen LogP contribution in [0.1, 0.15) is 24.8 Å². The molecule has 1 aromatic carbocycles. The molecule has 0 aromatic heterocycles. The second-order valence-electron chi connectivity index (χ2n) is 4.06. The summed E-state index contributed by atoms with van der Waals surface area (Å²) in [5, 5.41) is 3.03. The van der Waals surface area contributed by atoms with E-state index in [1.165, 1.54) is 5.56 Å². The summed E-state index contributed by atoms with van der Waals surface area (Å²) < 4.78 is 35.5. The number of hydrogen-bond acceptors (Lipinski definition) is 1. The summed E-state index contributed by atoms with van der Waals surface area (Å²) in [6, 6.07) is 10.1. The Balaban J connectivity index is 1.95. The summed E-state index contributed by atoms with van der Waals surface area (Å²) in [5.74, 6) is 0. The molecule has 0 spiro atoms. The number of rotatable bonds is 7. The van der Waals surface area contributed by atoms with Crippen LogP contribution in [0, 0.1) is 0 Å². The highest BCUT2D eigenvalue weighted by Crippen LogP contribution is 2.20. The van der Waals surface area contributed by atoms with Crippen molar-refractivity contribution in [2.24, 2.45) is 0 Å². The highest BCUT2D eigenvalue weighted by Gasteiger charge is 2.25. The van der Waals surface area contributed by atoms with Crippen molar-refractivity contribution >= 4 is 0 Å². The quantitative estimate of drug-likeness (QED) is 0.724. The van der Waals surface area contributed by atoms with E-state index >= 15 is 0 Å². The van der Waals surface area contributed by atoms with Gasteiger partial charge < -0.3 is 5.32 Å². The van der Waals surface area contributed by atoms with Crippen LogP contribution >= 0.6 is 0 Å². The van der Waals surface area contributed by atoms with Crippen LogP contribution in [0.5, 0.6) is 0 Å². The fourth-order valence-corrected chi connectivity index (χ4v) is 1.60. The molecule has 0 aliphatic carbocycles. The SMILES string of the molecule is FC(F)(F)CCCNCCCc1ccccc1. The molecule has 0 saturated carbocycles. The summed E-state index contributed by atoms with van der Waals surface area (Å²) in [4.78, 5) is 0. The van der Waals surface area contributed by atoms with Crippen molar-refractivity contribution in [2.75, 3.05) is 13.1 Å². The lowest BCUT2D eigenvalue weighted by molar-refractivity contribution is -0.135. The van der Waals surface area contributed by atoms with E-state index in [-0.39, 0.29) is 6.42 Å². The average molecular weight is 245 g/mol. The van der Waals surface area contributed by atoms with E-state index in [9.17, 15) is 13.2 Å². The lowest BCUT2D eigenvalue weighted by atomic mass is 10.1. The normalized spacial score (nSPS) is 11.7. The highest BCUT2D eigenvalue weighted by atomic mass is 19.4. The van der Waals surface area contributed by atoms with Gasteiger partial charge in [0, 0.05) is 6.42 Å². The van der Waals surface area contributed by atoms with Crippen LogP contribution in [-0.4, -0.2) is 19.3 Å². The first kappa shape index (κ1) is 14.0. The Morgan fingerprint density at radius 2 is 1.59 bits per heavy atom. The van der Waals surface area contributed by atoms with Crippen LogP contribution in [-0.2, 0) is 6.42 Å². The van der Waals surface area contributed by atoms with E-state index in [0.717, 1.165) is 19.4 Å². The fourth-order valence-electron chi connectivity index (χ4n) is 1.60. The van der Waals surface area contributed by atoms with Gasteiger partial charge in [0.1, 0.15) is 0 Å². The molecule has 0 aliphatic heterocycles. The Hall–Kier alpha value is -1.03. The van der Waals surface area contributed by atoms with Crippen molar-refractivity contribution < 1.29 is 13.2 Å². The number of benzene rings is 1. The van der Waals surface area contributed by atoms with Crippen LogP contribution < -0.4 is 5.32 Å². The molecule has 0 atom stereocenters. The molecule has 96 valence electrons. The van der Waals surface area contributed by atoms with Crippen LogP contribution in [0.15, 0.2) is 30.3 Å². The molecule has 0 saturated heterocycles. The smallest absolute Gasteiger partial charge is 0.317 e. The monoisotopic (exact) mass is 245 g/mol. The Morgan fingerprint density at radius 3 is 2.24 bits per heavy atom. The molecule has 4 heteroatoms. The molecule has 17 heavy (non-hydrogen) atoms. The first-order chi connectivity index (χ1) is 8.08. The third kappa shape index (κ3) is 7.80. The molecule has 0 radical (unpaired) electrons. The van der Waals surface area contributed by atoms with Crippen molar-refractivity contribution in [3.63, 3.8) is 0 Å². The topological polar surface area (TPSA) is 12.0 Å². The first-order valence-corrected chi connectivity index (χ1v) is 5.89. The minimum atomic E-state index is -4.02. The van der Waals surface area contributed by atoms with Gasteiger partial charge in [-0.25, -0.2) is 0 Å². The van der Waals surface area contributed by atoms with Gasteiger partial charge >= 0.3 is 6.18 Å². The Bertz CT molecular complexity index is 295. The zero-order chi connectivity index (χ0) is 12.6. The van der Waals surface area contributed by atoms with Crippen molar-refractivity contribution in [3.05, 3.63) is 35.9 Å². The number of halogens is 3. The van der Waals surface area contributed by atoms with E-state index < -0.39 is 12.6 Å². The van der Waals surface area contributed by atoms with Crippen LogP contribution in [0.3, 0.4) is 0 Å². The number of nitrogens with one attached hydrogen (secondary N) is 1. The second kappa shape index (κ2) is 7.33. The van der Waals surface area contributed by atoms with Gasteiger partial charge in [0.15, 0.2) is 0 Å². The molecule has 1 rings (SSSR count). The number of hydrogen-bond donors (Lipinski definition) is 1. The molecule has 0 amide bonds. The largest absolute Gasteiger partial charge is 0.389 e. The third-order valence-corrected chi connectivity index (χ3v) is 2.48. The van der Waals surface area contributed by atoms with Crippen LogP contribution in [0.25, 0.3) is 0 Å². The summed E-state index contributed by atoms with van der Waals surface area (Å²) >= 11 is 0. The molecule has 0 heterocycles. The highest BCUT2D eigenvalue weighted by molar-refractivity contribution is 5.14. The lowest BCUT2D eigenvalue weighted by Gasteiger charge is -2.07. The Morgan fingerprint density at radius 1 is 0.941 bits per heavy atom. The van der Waals surface area contributed by atoms with E-state index in [4.69, 9.17) is 0 Å². The molecule has 1 nitrogen and oxygen atoms in total. The molecule has 1 aromatic rings. The van der Waals surface area contributed by atoms with Gasteiger partial charge in [-0.2, -0.15) is 13.2 Å². The zero-order valence-electron chi connectivity index (χ0n) is 9.76. The lowest BCUT2D eigenvalue weighted by Crippen LogP contribution is -2.19. The number of alkyl halides is 3. The Labute approximate surface area is 100 Å². The van der Waals surface area contributed by atoms with Crippen molar-refractivity contribution in [1.82, 2.24) is 5.32 Å². The van der Waals surface area contributed by atoms with Crippen LogP contribution in [0.4, 0.5) is 13.2 Å². The molecule has 0 fully saturated rings. The van der Waals surface area contributed by atoms with Gasteiger partial charge in [0.2, 0.25) is 0 Å². The maximum absolute atomic E-state index is 11.8. The maximum atomic E-state index is 11.8. The van der Waals surface area contributed by atoms with Crippen molar-refractivity contribution in [3.8, 4) is 0 Å². The van der Waals surface area contributed by atoms with Crippen molar-refractivity contribution in [1.29, 1.82) is 0 Å². The minimum Gasteiger partial charge on any atom is -0.317 e. The van der Waals surface area contributed by atoms with Gasteiger partial charge in [-0.15, -0.1) is 0 Å². The van der Waals surface area contributed by atoms with Gasteiger partial charge in [0.05, 0.1) is 0 Å². The zero-order valence-corrected chi connectivity index (χ0v) is 9.76. The van der Waals surface area contributed by atoms with Gasteiger partial charge in [-0.3, -0.25) is 0 Å². The van der Waals surface area contributed by atoms with E-state index in [1.807, 2.05) is 18.2 Å². The first-order valence-electron chi connectivity index (χ1n) is 5.89. The molecule has 1 N–H and O–H groups in total. The maximum Gasteiger partial charge on any atom is 0.389 e.